The second-order valence-electron chi connectivity index (χ2n) is 5.16. The number of halogens is 1. The average molecular weight is 356 g/mol. The van der Waals surface area contributed by atoms with Crippen LogP contribution in [0.4, 0.5) is 0 Å². The van der Waals surface area contributed by atoms with Gasteiger partial charge in [0.2, 0.25) is 0 Å². The molecule has 0 aromatic carbocycles. The first-order valence-electron chi connectivity index (χ1n) is 6.98. The standard InChI is InChI=1S/C15H22BrN3S/c1-5-6-17-15(13-8-20-9-14(13)16)7-12-10(2)18-19(4)11(12)3/h8-9,15,17H,5-7H2,1-4H3. The van der Waals surface area contributed by atoms with Gasteiger partial charge in [-0.05, 0) is 65.7 Å². The van der Waals surface area contributed by atoms with E-state index in [0.717, 1.165) is 25.1 Å². The van der Waals surface area contributed by atoms with Gasteiger partial charge in [0.1, 0.15) is 0 Å². The van der Waals surface area contributed by atoms with Gasteiger partial charge in [-0.25, -0.2) is 0 Å². The van der Waals surface area contributed by atoms with Gasteiger partial charge in [-0.15, -0.1) is 0 Å². The van der Waals surface area contributed by atoms with Gasteiger partial charge in [-0.1, -0.05) is 6.92 Å². The molecule has 110 valence electrons. The molecule has 20 heavy (non-hydrogen) atoms. The summed E-state index contributed by atoms with van der Waals surface area (Å²) in [4.78, 5) is 0. The smallest absolute Gasteiger partial charge is 0.0629 e. The Labute approximate surface area is 133 Å². The van der Waals surface area contributed by atoms with E-state index in [1.807, 2.05) is 11.7 Å². The molecule has 0 radical (unpaired) electrons. The van der Waals surface area contributed by atoms with Crippen LogP contribution < -0.4 is 5.32 Å². The lowest BCUT2D eigenvalue weighted by atomic mass is 9.99. The Kier molecular flexibility index (Phi) is 5.41. The quantitative estimate of drug-likeness (QED) is 0.843. The van der Waals surface area contributed by atoms with Gasteiger partial charge >= 0.3 is 0 Å². The van der Waals surface area contributed by atoms with Gasteiger partial charge < -0.3 is 5.32 Å². The summed E-state index contributed by atoms with van der Waals surface area (Å²) in [5.41, 5.74) is 5.11. The molecule has 2 rings (SSSR count). The van der Waals surface area contributed by atoms with E-state index in [2.05, 4.69) is 57.9 Å². The zero-order chi connectivity index (χ0) is 14.7. The molecule has 1 unspecified atom stereocenters. The Balaban J connectivity index is 2.26. The molecule has 0 spiro atoms. The van der Waals surface area contributed by atoms with E-state index >= 15 is 0 Å². The van der Waals surface area contributed by atoms with Crippen molar-refractivity contribution in [1.82, 2.24) is 15.1 Å². The maximum Gasteiger partial charge on any atom is 0.0629 e. The first-order valence-corrected chi connectivity index (χ1v) is 8.72. The minimum atomic E-state index is 0.345. The van der Waals surface area contributed by atoms with Crippen molar-refractivity contribution in [2.45, 2.75) is 39.7 Å². The Morgan fingerprint density at radius 3 is 2.65 bits per heavy atom. The van der Waals surface area contributed by atoms with E-state index in [-0.39, 0.29) is 0 Å². The fourth-order valence-electron chi connectivity index (χ4n) is 2.47. The van der Waals surface area contributed by atoms with Gasteiger partial charge in [0.05, 0.1) is 5.69 Å². The summed E-state index contributed by atoms with van der Waals surface area (Å²) in [6.45, 7) is 7.48. The van der Waals surface area contributed by atoms with E-state index < -0.39 is 0 Å². The Bertz CT molecular complexity index is 574. The molecule has 5 heteroatoms. The largest absolute Gasteiger partial charge is 0.310 e. The third-order valence-corrected chi connectivity index (χ3v) is 5.48. The van der Waals surface area contributed by atoms with Crippen LogP contribution in [0.1, 0.15) is 41.9 Å². The molecule has 1 N–H and O–H groups in total. The molecule has 0 bridgehead atoms. The molecule has 0 aliphatic carbocycles. The Morgan fingerprint density at radius 2 is 2.15 bits per heavy atom. The number of thiophene rings is 1. The fourth-order valence-corrected chi connectivity index (χ4v) is 4.10. The number of nitrogens with one attached hydrogen (secondary N) is 1. The van der Waals surface area contributed by atoms with Crippen molar-refractivity contribution in [1.29, 1.82) is 0 Å². The normalized spacial score (nSPS) is 12.8. The van der Waals surface area contributed by atoms with E-state index in [1.54, 1.807) is 11.3 Å². The number of hydrogen-bond donors (Lipinski definition) is 1. The topological polar surface area (TPSA) is 29.9 Å². The first kappa shape index (κ1) is 15.7. The highest BCUT2D eigenvalue weighted by atomic mass is 79.9. The van der Waals surface area contributed by atoms with E-state index in [0.29, 0.717) is 6.04 Å². The van der Waals surface area contributed by atoms with Crippen molar-refractivity contribution in [3.05, 3.63) is 37.7 Å². The van der Waals surface area contributed by atoms with Crippen LogP contribution in [-0.4, -0.2) is 16.3 Å². The summed E-state index contributed by atoms with van der Waals surface area (Å²) in [6.07, 6.45) is 2.13. The average Bonchev–Trinajstić information content (AvgIpc) is 2.93. The van der Waals surface area contributed by atoms with Crippen LogP contribution in [0.3, 0.4) is 0 Å². The molecular formula is C15H22BrN3S. The maximum atomic E-state index is 4.53. The third kappa shape index (κ3) is 3.32. The predicted octanol–water partition coefficient (Wildman–Crippen LogP) is 4.14. The van der Waals surface area contributed by atoms with E-state index in [9.17, 15) is 0 Å². The summed E-state index contributed by atoms with van der Waals surface area (Å²) in [5, 5.41) is 12.6. The molecule has 3 nitrogen and oxygen atoms in total. The zero-order valence-electron chi connectivity index (χ0n) is 12.5. The number of aryl methyl sites for hydroxylation is 2. The highest BCUT2D eigenvalue weighted by Crippen LogP contribution is 2.30. The van der Waals surface area contributed by atoms with Gasteiger partial charge in [-0.3, -0.25) is 4.68 Å². The van der Waals surface area contributed by atoms with Gasteiger partial charge in [0.25, 0.3) is 0 Å². The van der Waals surface area contributed by atoms with Crippen LogP contribution in [0.5, 0.6) is 0 Å². The van der Waals surface area contributed by atoms with E-state index in [1.165, 1.54) is 21.3 Å². The zero-order valence-corrected chi connectivity index (χ0v) is 14.9. The van der Waals surface area contributed by atoms with Crippen LogP contribution in [0.15, 0.2) is 15.2 Å². The number of hydrogen-bond acceptors (Lipinski definition) is 3. The first-order chi connectivity index (χ1) is 9.54. The second kappa shape index (κ2) is 6.87. The van der Waals surface area contributed by atoms with Crippen molar-refractivity contribution in [2.24, 2.45) is 7.05 Å². The molecule has 0 amide bonds. The van der Waals surface area contributed by atoms with Crippen molar-refractivity contribution in [2.75, 3.05) is 6.54 Å². The summed E-state index contributed by atoms with van der Waals surface area (Å²) >= 11 is 5.41. The van der Waals surface area contributed by atoms with Crippen LogP contribution in [0, 0.1) is 13.8 Å². The van der Waals surface area contributed by atoms with Crippen LogP contribution >= 0.6 is 27.3 Å². The van der Waals surface area contributed by atoms with Gasteiger partial charge in [0, 0.05) is 28.6 Å². The highest BCUT2D eigenvalue weighted by Gasteiger charge is 2.19. The Hall–Kier alpha value is -0.650. The molecule has 0 aliphatic rings. The third-order valence-electron chi connectivity index (χ3n) is 3.73. The maximum absolute atomic E-state index is 4.53. The summed E-state index contributed by atoms with van der Waals surface area (Å²) in [6, 6.07) is 0.345. The van der Waals surface area contributed by atoms with Crippen molar-refractivity contribution in [3.8, 4) is 0 Å². The molecule has 0 saturated carbocycles. The molecule has 2 aromatic rings. The SMILES string of the molecule is CCCNC(Cc1c(C)nn(C)c1C)c1cscc1Br. The van der Waals surface area contributed by atoms with E-state index in [4.69, 9.17) is 0 Å². The molecular weight excluding hydrogens is 334 g/mol. The number of aromatic nitrogens is 2. The van der Waals surface area contributed by atoms with Crippen molar-refractivity contribution >= 4 is 27.3 Å². The van der Waals surface area contributed by atoms with Crippen LogP contribution in [-0.2, 0) is 13.5 Å². The summed E-state index contributed by atoms with van der Waals surface area (Å²) < 4.78 is 3.18. The van der Waals surface area contributed by atoms with Crippen molar-refractivity contribution < 1.29 is 0 Å². The van der Waals surface area contributed by atoms with Gasteiger partial charge in [0.15, 0.2) is 0 Å². The van der Waals surface area contributed by atoms with Crippen molar-refractivity contribution in [3.63, 3.8) is 0 Å². The fraction of sp³-hybridized carbons (Fsp3) is 0.533. The summed E-state index contributed by atoms with van der Waals surface area (Å²) in [7, 11) is 2.01. The minimum absolute atomic E-state index is 0.345. The lowest BCUT2D eigenvalue weighted by molar-refractivity contribution is 0.527. The highest BCUT2D eigenvalue weighted by molar-refractivity contribution is 9.10. The number of nitrogens with zero attached hydrogens (tertiary/aromatic N) is 2. The molecule has 0 saturated heterocycles. The predicted molar refractivity (Wildman–Crippen MR) is 89.4 cm³/mol. The van der Waals surface area contributed by atoms with Crippen LogP contribution in [0.2, 0.25) is 0 Å². The Morgan fingerprint density at radius 1 is 1.40 bits per heavy atom. The molecule has 2 heterocycles. The summed E-state index contributed by atoms with van der Waals surface area (Å²) in [5.74, 6) is 0. The molecule has 1 atom stereocenters. The molecule has 0 fully saturated rings. The second-order valence-corrected chi connectivity index (χ2v) is 6.76. The monoisotopic (exact) mass is 355 g/mol. The molecule has 0 aliphatic heterocycles. The van der Waals surface area contributed by atoms with Gasteiger partial charge in [-0.2, -0.15) is 16.4 Å². The van der Waals surface area contributed by atoms with Crippen LogP contribution in [0.25, 0.3) is 0 Å². The minimum Gasteiger partial charge on any atom is -0.310 e. The lowest BCUT2D eigenvalue weighted by Gasteiger charge is -2.19. The molecule has 2 aromatic heterocycles. The lowest BCUT2D eigenvalue weighted by Crippen LogP contribution is -2.24. The number of rotatable bonds is 6.